The standard InChI is InChI=1S/C34H36N2/c35-26-31(27-12-5-3-6-13-27)16-4-1-2-11-23-36-24-21-30(22-25-36)34-32-17-9-7-14-28(32)19-20-29-15-8-10-18-33(29)34/h3,5-10,12-15,17-20,31H,1-2,4,11,16,21-25H2. The van der Waals surface area contributed by atoms with Crippen LogP contribution < -0.4 is 0 Å². The van der Waals surface area contributed by atoms with Crippen molar-refractivity contribution in [2.45, 2.75) is 50.9 Å². The number of hydrogen-bond acceptors (Lipinski definition) is 2. The number of rotatable bonds is 8. The molecule has 0 saturated carbocycles. The third kappa shape index (κ3) is 5.69. The molecule has 1 heterocycles. The van der Waals surface area contributed by atoms with Crippen LogP contribution in [0, 0.1) is 11.3 Å². The lowest BCUT2D eigenvalue weighted by molar-refractivity contribution is 0.251. The molecule has 36 heavy (non-hydrogen) atoms. The minimum atomic E-state index is 0.0363. The van der Waals surface area contributed by atoms with Crippen LogP contribution in [0.1, 0.15) is 78.7 Å². The van der Waals surface area contributed by atoms with Gasteiger partial charge in [-0.15, -0.1) is 0 Å². The van der Waals surface area contributed by atoms with Crippen molar-refractivity contribution in [2.75, 3.05) is 19.6 Å². The molecule has 0 spiro atoms. The van der Waals surface area contributed by atoms with Gasteiger partial charge in [0.05, 0.1) is 12.0 Å². The molecule has 0 N–H and O–H groups in total. The summed E-state index contributed by atoms with van der Waals surface area (Å²) in [5.41, 5.74) is 9.65. The first-order valence-corrected chi connectivity index (χ1v) is 13.6. The Hall–Kier alpha value is -3.41. The Morgan fingerprint density at radius 3 is 1.92 bits per heavy atom. The van der Waals surface area contributed by atoms with Gasteiger partial charge in [0, 0.05) is 13.1 Å². The number of hydrogen-bond donors (Lipinski definition) is 0. The van der Waals surface area contributed by atoms with E-state index in [-0.39, 0.29) is 5.92 Å². The molecule has 1 unspecified atom stereocenters. The van der Waals surface area contributed by atoms with E-state index >= 15 is 0 Å². The van der Waals surface area contributed by atoms with Crippen LogP contribution in [0.3, 0.4) is 0 Å². The van der Waals surface area contributed by atoms with E-state index < -0.39 is 0 Å². The number of fused-ring (bicyclic) bond motifs is 2. The van der Waals surface area contributed by atoms with Crippen LogP contribution >= 0.6 is 0 Å². The predicted octanol–water partition coefficient (Wildman–Crippen LogP) is 8.33. The lowest BCUT2D eigenvalue weighted by Crippen LogP contribution is -2.32. The SMILES string of the molecule is N#CC(CCCCCCN1CCC(=C2c3ccccc3C=Cc3ccccc32)CC1)c1ccccc1. The van der Waals surface area contributed by atoms with E-state index in [1.54, 1.807) is 5.57 Å². The highest BCUT2D eigenvalue weighted by molar-refractivity contribution is 5.94. The van der Waals surface area contributed by atoms with E-state index in [9.17, 15) is 5.26 Å². The molecular formula is C34H36N2. The van der Waals surface area contributed by atoms with Crippen molar-refractivity contribution in [1.82, 2.24) is 4.90 Å². The van der Waals surface area contributed by atoms with Crippen molar-refractivity contribution in [3.8, 4) is 6.07 Å². The number of unbranched alkanes of at least 4 members (excludes halogenated alkanes) is 3. The van der Waals surface area contributed by atoms with Crippen LogP contribution in [0.2, 0.25) is 0 Å². The zero-order valence-electron chi connectivity index (χ0n) is 21.2. The molecule has 0 aromatic heterocycles. The molecular weight excluding hydrogens is 436 g/mol. The predicted molar refractivity (Wildman–Crippen MR) is 151 cm³/mol. The Morgan fingerprint density at radius 1 is 0.694 bits per heavy atom. The topological polar surface area (TPSA) is 27.0 Å². The summed E-state index contributed by atoms with van der Waals surface area (Å²) >= 11 is 0. The molecule has 0 amide bonds. The van der Waals surface area contributed by atoms with Crippen LogP contribution in [0.5, 0.6) is 0 Å². The van der Waals surface area contributed by atoms with Gasteiger partial charge in [-0.05, 0) is 65.6 Å². The molecule has 1 fully saturated rings. The van der Waals surface area contributed by atoms with Crippen molar-refractivity contribution in [3.05, 3.63) is 112 Å². The van der Waals surface area contributed by atoms with Crippen molar-refractivity contribution in [1.29, 1.82) is 5.26 Å². The molecule has 3 aromatic rings. The minimum absolute atomic E-state index is 0.0363. The number of likely N-dealkylation sites (tertiary alicyclic amines) is 1. The normalized spacial score (nSPS) is 16.1. The average Bonchev–Trinajstić information content (AvgIpc) is 3.11. The van der Waals surface area contributed by atoms with Gasteiger partial charge in [-0.3, -0.25) is 0 Å². The molecule has 1 saturated heterocycles. The van der Waals surface area contributed by atoms with Crippen LogP contribution in [-0.2, 0) is 0 Å². The Balaban J connectivity index is 1.13. The van der Waals surface area contributed by atoms with Gasteiger partial charge in [0.2, 0.25) is 0 Å². The summed E-state index contributed by atoms with van der Waals surface area (Å²) in [7, 11) is 0. The largest absolute Gasteiger partial charge is 0.303 e. The van der Waals surface area contributed by atoms with E-state index in [0.717, 1.165) is 44.3 Å². The van der Waals surface area contributed by atoms with Crippen molar-refractivity contribution in [3.63, 3.8) is 0 Å². The van der Waals surface area contributed by atoms with Gasteiger partial charge in [-0.2, -0.15) is 5.26 Å². The second-order valence-corrected chi connectivity index (χ2v) is 10.1. The molecule has 3 aromatic carbocycles. The fourth-order valence-electron chi connectivity index (χ4n) is 5.77. The second kappa shape index (κ2) is 12.0. The van der Waals surface area contributed by atoms with Gasteiger partial charge in [-0.25, -0.2) is 0 Å². The molecule has 182 valence electrons. The fraction of sp³-hybridized carbons (Fsp3) is 0.324. The summed E-state index contributed by atoms with van der Waals surface area (Å²) in [6, 6.07) is 30.5. The molecule has 0 radical (unpaired) electrons. The van der Waals surface area contributed by atoms with Gasteiger partial charge in [-0.1, -0.05) is 116 Å². The lowest BCUT2D eigenvalue weighted by Gasteiger charge is -2.30. The number of benzene rings is 3. The highest BCUT2D eigenvalue weighted by atomic mass is 15.1. The van der Waals surface area contributed by atoms with Crippen molar-refractivity contribution >= 4 is 17.7 Å². The van der Waals surface area contributed by atoms with Crippen molar-refractivity contribution < 1.29 is 0 Å². The van der Waals surface area contributed by atoms with Gasteiger partial charge >= 0.3 is 0 Å². The molecule has 1 aliphatic carbocycles. The summed E-state index contributed by atoms with van der Waals surface area (Å²) in [6.07, 6.45) is 12.7. The molecule has 1 aliphatic heterocycles. The van der Waals surface area contributed by atoms with Crippen LogP contribution in [0.25, 0.3) is 17.7 Å². The van der Waals surface area contributed by atoms with Crippen LogP contribution in [0.15, 0.2) is 84.4 Å². The molecule has 2 aliphatic rings. The van der Waals surface area contributed by atoms with Gasteiger partial charge in [0.15, 0.2) is 0 Å². The van der Waals surface area contributed by atoms with E-state index in [2.05, 4.69) is 83.8 Å². The maximum atomic E-state index is 9.53. The molecule has 0 bridgehead atoms. The average molecular weight is 473 g/mol. The quantitative estimate of drug-likeness (QED) is 0.241. The Bertz CT molecular complexity index is 1200. The minimum Gasteiger partial charge on any atom is -0.303 e. The zero-order chi connectivity index (χ0) is 24.6. The summed E-state index contributed by atoms with van der Waals surface area (Å²) < 4.78 is 0. The van der Waals surface area contributed by atoms with E-state index in [1.165, 1.54) is 53.6 Å². The van der Waals surface area contributed by atoms with Gasteiger partial charge < -0.3 is 4.90 Å². The van der Waals surface area contributed by atoms with Crippen molar-refractivity contribution in [2.24, 2.45) is 0 Å². The lowest BCUT2D eigenvalue weighted by atomic mass is 9.86. The third-order valence-corrected chi connectivity index (χ3v) is 7.79. The van der Waals surface area contributed by atoms with Gasteiger partial charge in [0.1, 0.15) is 0 Å². The summed E-state index contributed by atoms with van der Waals surface area (Å²) in [5.74, 6) is 0.0363. The first-order valence-electron chi connectivity index (χ1n) is 13.6. The second-order valence-electron chi connectivity index (χ2n) is 10.1. The zero-order valence-corrected chi connectivity index (χ0v) is 21.2. The first-order chi connectivity index (χ1) is 17.8. The number of piperidine rings is 1. The molecule has 5 rings (SSSR count). The summed E-state index contributed by atoms with van der Waals surface area (Å²) in [6.45, 7) is 3.50. The highest BCUT2D eigenvalue weighted by Crippen LogP contribution is 2.38. The van der Waals surface area contributed by atoms with E-state index in [1.807, 2.05) is 18.2 Å². The van der Waals surface area contributed by atoms with Crippen LogP contribution in [-0.4, -0.2) is 24.5 Å². The maximum absolute atomic E-state index is 9.53. The summed E-state index contributed by atoms with van der Waals surface area (Å²) in [5, 5.41) is 9.53. The maximum Gasteiger partial charge on any atom is 0.0712 e. The monoisotopic (exact) mass is 472 g/mol. The third-order valence-electron chi connectivity index (χ3n) is 7.79. The Kier molecular flexibility index (Phi) is 8.11. The van der Waals surface area contributed by atoms with Gasteiger partial charge in [0.25, 0.3) is 0 Å². The highest BCUT2D eigenvalue weighted by Gasteiger charge is 2.22. The Morgan fingerprint density at radius 2 is 1.28 bits per heavy atom. The summed E-state index contributed by atoms with van der Waals surface area (Å²) in [4.78, 5) is 2.65. The smallest absolute Gasteiger partial charge is 0.0712 e. The molecule has 1 atom stereocenters. The fourth-order valence-corrected chi connectivity index (χ4v) is 5.77. The molecule has 2 nitrogen and oxygen atoms in total. The van der Waals surface area contributed by atoms with E-state index in [0.29, 0.717) is 0 Å². The van der Waals surface area contributed by atoms with E-state index in [4.69, 9.17) is 0 Å². The first kappa shape index (κ1) is 24.3. The molecule has 2 heteroatoms. The number of nitrogens with zero attached hydrogens (tertiary/aromatic N) is 2. The Labute approximate surface area is 216 Å². The van der Waals surface area contributed by atoms with Crippen LogP contribution in [0.4, 0.5) is 0 Å². The number of nitriles is 1.